The molecule has 1 unspecified atom stereocenters. The predicted molar refractivity (Wildman–Crippen MR) is 36.1 cm³/mol. The molecule has 1 N–H and O–H groups in total. The summed E-state index contributed by atoms with van der Waals surface area (Å²) in [5.74, 6) is -0.805. The van der Waals surface area contributed by atoms with E-state index in [1.54, 1.807) is 0 Å². The highest BCUT2D eigenvalue weighted by Crippen LogP contribution is 2.41. The molecule has 0 aromatic carbocycles. The Balaban J connectivity index is 4.99. The molecule has 0 saturated heterocycles. The van der Waals surface area contributed by atoms with Crippen LogP contribution in [0.5, 0.6) is 0 Å². The fourth-order valence-corrected chi connectivity index (χ4v) is 1.10. The second-order valence-electron chi connectivity index (χ2n) is 1.68. The van der Waals surface area contributed by atoms with Crippen molar-refractivity contribution in [2.24, 2.45) is 0 Å². The molecule has 6 nitrogen and oxygen atoms in total. The van der Waals surface area contributed by atoms with Crippen LogP contribution in [-0.4, -0.2) is 28.0 Å². The Bertz CT molecular complexity index is 267. The third-order valence-electron chi connectivity index (χ3n) is 0.925. The van der Waals surface area contributed by atoms with Crippen molar-refractivity contribution in [3.05, 3.63) is 5.53 Å². The Kier molecular flexibility index (Phi) is 3.29. The summed E-state index contributed by atoms with van der Waals surface area (Å²) in [5.41, 5.74) is 7.26. The van der Waals surface area contributed by atoms with E-state index >= 15 is 0 Å². The molecular weight excluding hydrogens is 171 g/mol. The fraction of sp³-hybridized carbons (Fsp3) is 0.500. The van der Waals surface area contributed by atoms with Crippen LogP contribution in [0.4, 0.5) is 0 Å². The largest absolute Gasteiger partial charge is 0.443 e. The first-order valence-corrected chi connectivity index (χ1v) is 4.15. The smallest absolute Gasteiger partial charge is 0.360 e. The Morgan fingerprint density at radius 1 is 1.73 bits per heavy atom. The molecule has 0 fully saturated rings. The molecule has 0 aromatic rings. The van der Waals surface area contributed by atoms with Crippen molar-refractivity contribution >= 4 is 18.8 Å². The fourth-order valence-electron chi connectivity index (χ4n) is 0.412. The van der Waals surface area contributed by atoms with Gasteiger partial charge in [0.15, 0.2) is 0 Å². The highest BCUT2D eigenvalue weighted by molar-refractivity contribution is 7.74. The highest BCUT2D eigenvalue weighted by atomic mass is 31.2. The molecule has 0 saturated carbocycles. The normalized spacial score (nSPS) is 14.8. The zero-order valence-corrected chi connectivity index (χ0v) is 6.91. The van der Waals surface area contributed by atoms with Crippen LogP contribution in [-0.2, 0) is 13.9 Å². The first kappa shape index (κ1) is 10.2. The lowest BCUT2D eigenvalue weighted by molar-refractivity contribution is -0.114. The standard InChI is InChI=1S/C4H7N2O4P/c1-3(7)4(6-5)11(8,9)10-2/h1-2H3,(H,8,9). The Morgan fingerprint density at radius 3 is 2.27 bits per heavy atom. The molecule has 0 spiro atoms. The number of hydrogen-bond acceptors (Lipinski definition) is 3. The van der Waals surface area contributed by atoms with E-state index in [0.717, 1.165) is 14.0 Å². The molecule has 0 aliphatic rings. The van der Waals surface area contributed by atoms with Crippen molar-refractivity contribution in [3.8, 4) is 0 Å². The number of hydrogen-bond donors (Lipinski definition) is 1. The molecule has 0 bridgehead atoms. The van der Waals surface area contributed by atoms with E-state index in [1.165, 1.54) is 0 Å². The molecule has 0 radical (unpaired) electrons. The number of rotatable bonds is 3. The molecule has 62 valence electrons. The van der Waals surface area contributed by atoms with E-state index in [-0.39, 0.29) is 0 Å². The lowest BCUT2D eigenvalue weighted by Crippen LogP contribution is -2.12. The number of carbonyl (C=O) groups excluding carboxylic acids is 1. The van der Waals surface area contributed by atoms with Gasteiger partial charge in [0.2, 0.25) is 5.78 Å². The van der Waals surface area contributed by atoms with E-state index in [9.17, 15) is 9.36 Å². The van der Waals surface area contributed by atoms with Crippen LogP contribution in [0.1, 0.15) is 6.92 Å². The highest BCUT2D eigenvalue weighted by Gasteiger charge is 2.39. The van der Waals surface area contributed by atoms with Crippen LogP contribution in [0.15, 0.2) is 0 Å². The Labute approximate surface area is 62.9 Å². The van der Waals surface area contributed by atoms with E-state index in [2.05, 4.69) is 9.31 Å². The molecule has 0 aliphatic carbocycles. The van der Waals surface area contributed by atoms with E-state index in [0.29, 0.717) is 0 Å². The van der Waals surface area contributed by atoms with Gasteiger partial charge in [-0.25, -0.2) is 4.57 Å². The van der Waals surface area contributed by atoms with Crippen molar-refractivity contribution in [1.82, 2.24) is 0 Å². The number of carbonyl (C=O) groups is 1. The topological polar surface area (TPSA) is 100 Å². The zero-order chi connectivity index (χ0) is 9.07. The van der Waals surface area contributed by atoms with Gasteiger partial charge in [-0.2, -0.15) is 4.79 Å². The number of ketones is 1. The molecule has 0 rings (SSSR count). The van der Waals surface area contributed by atoms with E-state index in [1.807, 2.05) is 0 Å². The summed E-state index contributed by atoms with van der Waals surface area (Å²) in [6.07, 6.45) is 0. The third kappa shape index (κ3) is 2.37. The lowest BCUT2D eigenvalue weighted by Gasteiger charge is -1.99. The summed E-state index contributed by atoms with van der Waals surface area (Å²) in [7, 11) is -3.25. The second-order valence-corrected chi connectivity index (χ2v) is 3.51. The van der Waals surface area contributed by atoms with E-state index < -0.39 is 18.8 Å². The summed E-state index contributed by atoms with van der Waals surface area (Å²) < 4.78 is 14.8. The van der Waals surface area contributed by atoms with Gasteiger partial charge < -0.3 is 14.9 Å². The maximum atomic E-state index is 10.8. The van der Waals surface area contributed by atoms with Gasteiger partial charge in [0.1, 0.15) is 0 Å². The van der Waals surface area contributed by atoms with Crippen molar-refractivity contribution in [3.63, 3.8) is 0 Å². The zero-order valence-electron chi connectivity index (χ0n) is 6.01. The summed E-state index contributed by atoms with van der Waals surface area (Å²) in [6.45, 7) is 0.997. The average Bonchev–Trinajstić information content (AvgIpc) is 1.88. The van der Waals surface area contributed by atoms with Crippen LogP contribution < -0.4 is 0 Å². The molecule has 1 atom stereocenters. The first-order chi connectivity index (χ1) is 4.95. The molecule has 11 heavy (non-hydrogen) atoms. The number of nitrogens with zero attached hydrogens (tertiary/aromatic N) is 2. The van der Waals surface area contributed by atoms with Gasteiger partial charge in [0, 0.05) is 14.0 Å². The monoisotopic (exact) mass is 178 g/mol. The van der Waals surface area contributed by atoms with Gasteiger partial charge in [-0.3, -0.25) is 4.79 Å². The quantitative estimate of drug-likeness (QED) is 0.285. The molecule has 7 heteroatoms. The summed E-state index contributed by atoms with van der Waals surface area (Å²) >= 11 is 0. The second kappa shape index (κ2) is 3.55. The summed E-state index contributed by atoms with van der Waals surface area (Å²) in [5, 5.41) is 0. The van der Waals surface area contributed by atoms with Crippen LogP contribution in [0, 0.1) is 0 Å². The van der Waals surface area contributed by atoms with Gasteiger partial charge >= 0.3 is 13.0 Å². The minimum absolute atomic E-state index is 0.805. The maximum absolute atomic E-state index is 10.8. The van der Waals surface area contributed by atoms with Crippen molar-refractivity contribution in [2.45, 2.75) is 6.92 Å². The van der Waals surface area contributed by atoms with Crippen LogP contribution in [0.3, 0.4) is 0 Å². The molecule has 0 amide bonds. The molecular formula is C4H7N2O4P. The van der Waals surface area contributed by atoms with Gasteiger partial charge in [0.05, 0.1) is 0 Å². The van der Waals surface area contributed by atoms with Gasteiger partial charge in [-0.1, -0.05) is 0 Å². The minimum atomic E-state index is -4.19. The van der Waals surface area contributed by atoms with Gasteiger partial charge in [0.25, 0.3) is 0 Å². The van der Waals surface area contributed by atoms with Crippen molar-refractivity contribution in [2.75, 3.05) is 7.11 Å². The Morgan fingerprint density at radius 2 is 2.18 bits per heavy atom. The Hall–Kier alpha value is -0.800. The van der Waals surface area contributed by atoms with Crippen LogP contribution in [0.25, 0.3) is 5.53 Å². The van der Waals surface area contributed by atoms with Gasteiger partial charge in [-0.15, -0.1) is 0 Å². The molecule has 0 heterocycles. The first-order valence-electron chi connectivity index (χ1n) is 2.57. The average molecular weight is 178 g/mol. The maximum Gasteiger partial charge on any atom is 0.443 e. The molecule has 0 aliphatic heterocycles. The lowest BCUT2D eigenvalue weighted by atomic mass is 10.5. The van der Waals surface area contributed by atoms with Gasteiger partial charge in [-0.05, 0) is 0 Å². The summed E-state index contributed by atoms with van der Waals surface area (Å²) in [6, 6.07) is 0. The van der Waals surface area contributed by atoms with E-state index in [4.69, 9.17) is 10.4 Å². The predicted octanol–water partition coefficient (Wildman–Crippen LogP) is 0.0355. The van der Waals surface area contributed by atoms with Crippen molar-refractivity contribution in [1.29, 1.82) is 0 Å². The summed E-state index contributed by atoms with van der Waals surface area (Å²) in [4.78, 5) is 21.6. The van der Waals surface area contributed by atoms with Crippen LogP contribution in [0.2, 0.25) is 0 Å². The van der Waals surface area contributed by atoms with Crippen LogP contribution >= 0.6 is 7.60 Å². The SMILES string of the molecule is COP(=O)(O)C(=[N+]=[N-])C(C)=O. The minimum Gasteiger partial charge on any atom is -0.360 e. The molecule has 0 aromatic heterocycles. The van der Waals surface area contributed by atoms with Crippen molar-refractivity contribution < 1.29 is 23.6 Å². The number of Topliss-reactive ketones (excluding diaryl/α,β-unsaturated/α-hetero) is 1. The third-order valence-corrected chi connectivity index (χ3v) is 2.36.